The number of carbonyl (C=O) groups is 1. The van der Waals surface area contributed by atoms with Gasteiger partial charge in [-0.15, -0.1) is 0 Å². The molecular weight excluding hydrogens is 228 g/mol. The molecule has 18 heavy (non-hydrogen) atoms. The molecule has 1 aromatic heterocycles. The van der Waals surface area contributed by atoms with Gasteiger partial charge in [0.2, 0.25) is 0 Å². The zero-order valence-corrected chi connectivity index (χ0v) is 10.7. The van der Waals surface area contributed by atoms with Crippen molar-refractivity contribution in [3.8, 4) is 0 Å². The van der Waals surface area contributed by atoms with Gasteiger partial charge >= 0.3 is 0 Å². The number of nitrogens with two attached hydrogens (primary N) is 1. The van der Waals surface area contributed by atoms with E-state index >= 15 is 0 Å². The topological polar surface area (TPSA) is 71.2 Å². The highest BCUT2D eigenvalue weighted by Gasteiger charge is 2.20. The van der Waals surface area contributed by atoms with Crippen molar-refractivity contribution in [3.05, 3.63) is 23.9 Å². The van der Waals surface area contributed by atoms with Gasteiger partial charge in [-0.05, 0) is 38.4 Å². The predicted molar refractivity (Wildman–Crippen MR) is 71.7 cm³/mol. The van der Waals surface area contributed by atoms with E-state index in [0.29, 0.717) is 17.4 Å². The second-order valence-corrected chi connectivity index (χ2v) is 4.57. The van der Waals surface area contributed by atoms with Crippen molar-refractivity contribution in [3.63, 3.8) is 0 Å². The molecule has 5 nitrogen and oxygen atoms in total. The van der Waals surface area contributed by atoms with Crippen LogP contribution in [0.2, 0.25) is 0 Å². The number of nitrogens with one attached hydrogen (secondary N) is 1. The molecule has 1 aliphatic rings. The lowest BCUT2D eigenvalue weighted by Gasteiger charge is -2.26. The molecule has 98 valence electrons. The number of rotatable bonds is 5. The van der Waals surface area contributed by atoms with Crippen LogP contribution in [0.25, 0.3) is 0 Å². The molecule has 0 aliphatic carbocycles. The van der Waals surface area contributed by atoms with Crippen molar-refractivity contribution in [2.75, 3.05) is 24.5 Å². The summed E-state index contributed by atoms with van der Waals surface area (Å²) in [6.45, 7) is 4.82. The third kappa shape index (κ3) is 2.79. The summed E-state index contributed by atoms with van der Waals surface area (Å²) in [6.07, 6.45) is 4.09. The van der Waals surface area contributed by atoms with Crippen molar-refractivity contribution in [2.24, 2.45) is 5.73 Å². The van der Waals surface area contributed by atoms with Crippen LogP contribution in [0.15, 0.2) is 18.3 Å². The third-order valence-corrected chi connectivity index (χ3v) is 3.34. The SMILES string of the molecule is CCN(CC1CCCN1)c1ncccc1C(N)=O. The summed E-state index contributed by atoms with van der Waals surface area (Å²) in [5, 5.41) is 3.45. The lowest BCUT2D eigenvalue weighted by molar-refractivity contribution is 0.100. The van der Waals surface area contributed by atoms with E-state index < -0.39 is 5.91 Å². The normalized spacial score (nSPS) is 18.8. The second kappa shape index (κ2) is 5.82. The largest absolute Gasteiger partial charge is 0.365 e. The Balaban J connectivity index is 2.18. The van der Waals surface area contributed by atoms with Crippen LogP contribution < -0.4 is 16.0 Å². The van der Waals surface area contributed by atoms with Gasteiger partial charge in [-0.3, -0.25) is 4.79 Å². The Hall–Kier alpha value is -1.62. The first-order valence-corrected chi connectivity index (χ1v) is 6.45. The summed E-state index contributed by atoms with van der Waals surface area (Å²) in [5.74, 6) is 0.275. The number of pyridine rings is 1. The number of likely N-dealkylation sites (N-methyl/N-ethyl adjacent to an activating group) is 1. The number of primary amides is 1. The Kier molecular flexibility index (Phi) is 4.15. The number of carbonyl (C=O) groups excluding carboxylic acids is 1. The van der Waals surface area contributed by atoms with Crippen LogP contribution >= 0.6 is 0 Å². The highest BCUT2D eigenvalue weighted by molar-refractivity contribution is 5.97. The predicted octanol–water partition coefficient (Wildman–Crippen LogP) is 0.759. The molecule has 1 fully saturated rings. The van der Waals surface area contributed by atoms with Crippen molar-refractivity contribution < 1.29 is 4.79 Å². The first-order valence-electron chi connectivity index (χ1n) is 6.45. The summed E-state index contributed by atoms with van der Waals surface area (Å²) in [4.78, 5) is 17.8. The molecule has 5 heteroatoms. The molecular formula is C13H20N4O. The quantitative estimate of drug-likeness (QED) is 0.807. The van der Waals surface area contributed by atoms with Gasteiger partial charge in [-0.1, -0.05) is 0 Å². The van der Waals surface area contributed by atoms with Crippen molar-refractivity contribution in [1.29, 1.82) is 0 Å². The molecule has 2 rings (SSSR count). The summed E-state index contributed by atoms with van der Waals surface area (Å²) in [7, 11) is 0. The highest BCUT2D eigenvalue weighted by atomic mass is 16.1. The lowest BCUT2D eigenvalue weighted by Crippen LogP contribution is -2.38. The molecule has 0 aromatic carbocycles. The van der Waals surface area contributed by atoms with Crippen LogP contribution in [-0.4, -0.2) is 36.6 Å². The fraction of sp³-hybridized carbons (Fsp3) is 0.538. The van der Waals surface area contributed by atoms with E-state index in [2.05, 4.69) is 22.1 Å². The number of aromatic nitrogens is 1. The van der Waals surface area contributed by atoms with Gasteiger partial charge in [0.25, 0.3) is 5.91 Å². The van der Waals surface area contributed by atoms with Crippen LogP contribution in [-0.2, 0) is 0 Å². The van der Waals surface area contributed by atoms with E-state index in [-0.39, 0.29) is 0 Å². The van der Waals surface area contributed by atoms with Crippen molar-refractivity contribution in [1.82, 2.24) is 10.3 Å². The van der Waals surface area contributed by atoms with Crippen LogP contribution in [0.1, 0.15) is 30.1 Å². The molecule has 1 atom stereocenters. The molecule has 0 saturated carbocycles. The van der Waals surface area contributed by atoms with Crippen LogP contribution in [0, 0.1) is 0 Å². The minimum atomic E-state index is -0.420. The molecule has 1 unspecified atom stereocenters. The van der Waals surface area contributed by atoms with Gasteiger partial charge in [-0.2, -0.15) is 0 Å². The van der Waals surface area contributed by atoms with Crippen LogP contribution in [0.3, 0.4) is 0 Å². The molecule has 1 aromatic rings. The molecule has 0 spiro atoms. The van der Waals surface area contributed by atoms with E-state index in [1.165, 1.54) is 12.8 Å². The Bertz CT molecular complexity index is 415. The maximum absolute atomic E-state index is 11.4. The van der Waals surface area contributed by atoms with Gasteiger partial charge in [0.15, 0.2) is 0 Å². The number of hydrogen-bond donors (Lipinski definition) is 2. The van der Waals surface area contributed by atoms with Gasteiger partial charge < -0.3 is 16.0 Å². The third-order valence-electron chi connectivity index (χ3n) is 3.34. The van der Waals surface area contributed by atoms with Crippen molar-refractivity contribution >= 4 is 11.7 Å². The molecule has 0 radical (unpaired) electrons. The number of amides is 1. The Morgan fingerprint density at radius 1 is 1.67 bits per heavy atom. The Morgan fingerprint density at radius 3 is 3.11 bits per heavy atom. The summed E-state index contributed by atoms with van der Waals surface area (Å²) >= 11 is 0. The second-order valence-electron chi connectivity index (χ2n) is 4.57. The number of hydrogen-bond acceptors (Lipinski definition) is 4. The van der Waals surface area contributed by atoms with Crippen LogP contribution in [0.4, 0.5) is 5.82 Å². The molecule has 3 N–H and O–H groups in total. The maximum Gasteiger partial charge on any atom is 0.252 e. The van der Waals surface area contributed by atoms with Crippen molar-refractivity contribution in [2.45, 2.75) is 25.8 Å². The minimum Gasteiger partial charge on any atom is -0.365 e. The highest BCUT2D eigenvalue weighted by Crippen LogP contribution is 2.18. The van der Waals surface area contributed by atoms with E-state index in [1.807, 2.05) is 0 Å². The van der Waals surface area contributed by atoms with E-state index in [0.717, 1.165) is 19.6 Å². The number of nitrogens with zero attached hydrogens (tertiary/aromatic N) is 2. The minimum absolute atomic E-state index is 0.420. The fourth-order valence-electron chi connectivity index (χ4n) is 2.39. The summed E-state index contributed by atoms with van der Waals surface area (Å²) in [5.41, 5.74) is 5.89. The number of anilines is 1. The maximum atomic E-state index is 11.4. The van der Waals surface area contributed by atoms with Gasteiger partial charge in [0.05, 0.1) is 5.56 Å². The zero-order valence-electron chi connectivity index (χ0n) is 10.7. The summed E-state index contributed by atoms with van der Waals surface area (Å²) < 4.78 is 0. The molecule has 1 aliphatic heterocycles. The average Bonchev–Trinajstić information content (AvgIpc) is 2.88. The summed E-state index contributed by atoms with van der Waals surface area (Å²) in [6, 6.07) is 3.95. The standard InChI is InChI=1S/C13H20N4O/c1-2-17(9-10-5-3-7-15-10)13-11(12(14)18)6-4-8-16-13/h4,6,8,10,15H,2-3,5,7,9H2,1H3,(H2,14,18). The van der Waals surface area contributed by atoms with Crippen LogP contribution in [0.5, 0.6) is 0 Å². The average molecular weight is 248 g/mol. The Labute approximate surface area is 107 Å². The molecule has 2 heterocycles. The molecule has 0 bridgehead atoms. The van der Waals surface area contributed by atoms with E-state index in [1.54, 1.807) is 18.3 Å². The first-order chi connectivity index (χ1) is 8.72. The fourth-order valence-corrected chi connectivity index (χ4v) is 2.39. The van der Waals surface area contributed by atoms with E-state index in [4.69, 9.17) is 5.73 Å². The molecule has 1 saturated heterocycles. The van der Waals surface area contributed by atoms with Gasteiger partial charge in [0, 0.05) is 25.3 Å². The lowest BCUT2D eigenvalue weighted by atomic mass is 10.2. The zero-order chi connectivity index (χ0) is 13.0. The van der Waals surface area contributed by atoms with E-state index in [9.17, 15) is 4.79 Å². The Morgan fingerprint density at radius 2 is 2.50 bits per heavy atom. The van der Waals surface area contributed by atoms with Gasteiger partial charge in [0.1, 0.15) is 5.82 Å². The monoisotopic (exact) mass is 248 g/mol. The molecule has 1 amide bonds. The first kappa shape index (κ1) is 12.8. The smallest absolute Gasteiger partial charge is 0.252 e. The van der Waals surface area contributed by atoms with Gasteiger partial charge in [-0.25, -0.2) is 4.98 Å².